The maximum Gasteiger partial charge on any atom is 0.220 e. The lowest BCUT2D eigenvalue weighted by Crippen LogP contribution is -2.15. The van der Waals surface area contributed by atoms with Crippen molar-refractivity contribution >= 4 is 17.5 Å². The summed E-state index contributed by atoms with van der Waals surface area (Å²) in [6, 6.07) is 7.88. The van der Waals surface area contributed by atoms with E-state index < -0.39 is 0 Å². The van der Waals surface area contributed by atoms with Crippen molar-refractivity contribution in [1.82, 2.24) is 9.97 Å². The highest BCUT2D eigenvalue weighted by Gasteiger charge is 2.19. The van der Waals surface area contributed by atoms with E-state index in [0.29, 0.717) is 11.0 Å². The summed E-state index contributed by atoms with van der Waals surface area (Å²) in [5, 5.41) is 0.711. The number of nitrogens with two attached hydrogens (primary N) is 1. The topological polar surface area (TPSA) is 51.8 Å². The predicted octanol–water partition coefficient (Wildman–Crippen LogP) is 4.03. The van der Waals surface area contributed by atoms with Crippen LogP contribution in [0.25, 0.3) is 11.3 Å². The summed E-state index contributed by atoms with van der Waals surface area (Å²) in [5.74, 6) is 1.11. The van der Waals surface area contributed by atoms with Crippen LogP contribution in [0.15, 0.2) is 24.3 Å². The second kappa shape index (κ2) is 5.41. The minimum Gasteiger partial charge on any atom is -0.368 e. The maximum absolute atomic E-state index is 6.09. The Labute approximate surface area is 124 Å². The summed E-state index contributed by atoms with van der Waals surface area (Å²) in [5.41, 5.74) is 9.94. The van der Waals surface area contributed by atoms with Gasteiger partial charge in [0.1, 0.15) is 0 Å². The summed E-state index contributed by atoms with van der Waals surface area (Å²) < 4.78 is 0. The Bertz CT molecular complexity index is 636. The van der Waals surface area contributed by atoms with Crippen molar-refractivity contribution in [2.24, 2.45) is 5.92 Å². The summed E-state index contributed by atoms with van der Waals surface area (Å²) in [6.07, 6.45) is 4.94. The lowest BCUT2D eigenvalue weighted by atomic mass is 9.82. The fourth-order valence-electron chi connectivity index (χ4n) is 2.62. The van der Waals surface area contributed by atoms with Gasteiger partial charge in [-0.25, -0.2) is 9.97 Å². The number of nitrogens with zero attached hydrogens (tertiary/aromatic N) is 2. The quantitative estimate of drug-likeness (QED) is 0.927. The summed E-state index contributed by atoms with van der Waals surface area (Å²) in [6.45, 7) is 2.05. The average molecular weight is 288 g/mol. The first-order chi connectivity index (χ1) is 9.61. The molecule has 1 aromatic carbocycles. The van der Waals surface area contributed by atoms with Gasteiger partial charge >= 0.3 is 0 Å². The molecule has 0 bridgehead atoms. The van der Waals surface area contributed by atoms with Gasteiger partial charge in [0.15, 0.2) is 0 Å². The van der Waals surface area contributed by atoms with E-state index in [0.717, 1.165) is 34.9 Å². The molecule has 1 aliphatic rings. The van der Waals surface area contributed by atoms with Crippen LogP contribution in [0.5, 0.6) is 0 Å². The third-order valence-electron chi connectivity index (χ3n) is 3.99. The van der Waals surface area contributed by atoms with E-state index in [1.807, 2.05) is 24.3 Å². The number of hydrogen-bond donors (Lipinski definition) is 1. The van der Waals surface area contributed by atoms with Crippen molar-refractivity contribution in [2.45, 2.75) is 32.6 Å². The molecule has 104 valence electrons. The van der Waals surface area contributed by atoms with Crippen LogP contribution in [-0.2, 0) is 6.42 Å². The number of benzene rings is 1. The highest BCUT2D eigenvalue weighted by Crippen LogP contribution is 2.31. The number of halogens is 1. The van der Waals surface area contributed by atoms with Crippen LogP contribution < -0.4 is 5.73 Å². The van der Waals surface area contributed by atoms with Crippen LogP contribution in [0.4, 0.5) is 5.95 Å². The van der Waals surface area contributed by atoms with Crippen LogP contribution in [0.3, 0.4) is 0 Å². The SMILES string of the molecule is Cc1ccc(Cl)cc1-c1cc(CC2CCC2)nc(N)n1. The Morgan fingerprint density at radius 1 is 1.25 bits per heavy atom. The van der Waals surface area contributed by atoms with E-state index >= 15 is 0 Å². The second-order valence-corrected chi connectivity index (χ2v) is 6.00. The van der Waals surface area contributed by atoms with E-state index in [1.165, 1.54) is 19.3 Å². The number of hydrogen-bond acceptors (Lipinski definition) is 3. The smallest absolute Gasteiger partial charge is 0.220 e. The maximum atomic E-state index is 6.09. The molecule has 0 spiro atoms. The molecule has 3 rings (SSSR count). The van der Waals surface area contributed by atoms with Gasteiger partial charge < -0.3 is 5.73 Å². The zero-order valence-corrected chi connectivity index (χ0v) is 12.3. The summed E-state index contributed by atoms with van der Waals surface area (Å²) >= 11 is 6.09. The normalized spacial score (nSPS) is 15.1. The molecule has 0 radical (unpaired) electrons. The van der Waals surface area contributed by atoms with Crippen LogP contribution in [0.2, 0.25) is 5.02 Å². The van der Waals surface area contributed by atoms with E-state index in [4.69, 9.17) is 17.3 Å². The molecule has 0 unspecified atom stereocenters. The van der Waals surface area contributed by atoms with E-state index in [2.05, 4.69) is 16.9 Å². The molecule has 4 heteroatoms. The number of aromatic nitrogens is 2. The monoisotopic (exact) mass is 287 g/mol. The summed E-state index contributed by atoms with van der Waals surface area (Å²) in [4.78, 5) is 8.73. The Balaban J connectivity index is 1.97. The van der Waals surface area contributed by atoms with Crippen molar-refractivity contribution in [3.8, 4) is 11.3 Å². The molecule has 1 aromatic heterocycles. The van der Waals surface area contributed by atoms with Crippen LogP contribution in [0, 0.1) is 12.8 Å². The predicted molar refractivity (Wildman–Crippen MR) is 82.7 cm³/mol. The third kappa shape index (κ3) is 2.78. The van der Waals surface area contributed by atoms with Gasteiger partial charge in [-0.1, -0.05) is 36.9 Å². The van der Waals surface area contributed by atoms with Crippen molar-refractivity contribution in [1.29, 1.82) is 0 Å². The van der Waals surface area contributed by atoms with Gasteiger partial charge in [0.2, 0.25) is 5.95 Å². The largest absolute Gasteiger partial charge is 0.368 e. The van der Waals surface area contributed by atoms with Crippen molar-refractivity contribution in [3.05, 3.63) is 40.5 Å². The molecule has 2 aromatic rings. The molecule has 1 saturated carbocycles. The standard InChI is InChI=1S/C16H18ClN3/c1-10-5-6-12(17)8-14(10)15-9-13(19-16(18)20-15)7-11-3-2-4-11/h5-6,8-9,11H,2-4,7H2,1H3,(H2,18,19,20). The second-order valence-electron chi connectivity index (χ2n) is 5.56. The molecular weight excluding hydrogens is 270 g/mol. The number of nitrogen functional groups attached to an aromatic ring is 1. The first kappa shape index (κ1) is 13.4. The Kier molecular flexibility index (Phi) is 3.62. The molecule has 1 heterocycles. The van der Waals surface area contributed by atoms with Crippen LogP contribution in [-0.4, -0.2) is 9.97 Å². The van der Waals surface area contributed by atoms with Gasteiger partial charge in [-0.15, -0.1) is 0 Å². The van der Waals surface area contributed by atoms with Crippen molar-refractivity contribution in [2.75, 3.05) is 5.73 Å². The molecule has 0 amide bonds. The average Bonchev–Trinajstić information content (AvgIpc) is 2.36. The van der Waals surface area contributed by atoms with Gasteiger partial charge in [0, 0.05) is 16.3 Å². The fourth-order valence-corrected chi connectivity index (χ4v) is 2.80. The lowest BCUT2D eigenvalue weighted by Gasteiger charge is -2.24. The first-order valence-corrected chi connectivity index (χ1v) is 7.39. The Morgan fingerprint density at radius 2 is 2.05 bits per heavy atom. The number of anilines is 1. The zero-order chi connectivity index (χ0) is 14.1. The van der Waals surface area contributed by atoms with Gasteiger partial charge in [-0.3, -0.25) is 0 Å². The zero-order valence-electron chi connectivity index (χ0n) is 11.6. The molecule has 0 aliphatic heterocycles. The Morgan fingerprint density at radius 3 is 2.75 bits per heavy atom. The molecular formula is C16H18ClN3. The van der Waals surface area contributed by atoms with Crippen LogP contribution in [0.1, 0.15) is 30.5 Å². The van der Waals surface area contributed by atoms with Crippen LogP contribution >= 0.6 is 11.6 Å². The van der Waals surface area contributed by atoms with Gasteiger partial charge in [0.25, 0.3) is 0 Å². The molecule has 1 aliphatic carbocycles. The Hall–Kier alpha value is -1.61. The minimum absolute atomic E-state index is 0.344. The lowest BCUT2D eigenvalue weighted by molar-refractivity contribution is 0.312. The molecule has 3 nitrogen and oxygen atoms in total. The fraction of sp³-hybridized carbons (Fsp3) is 0.375. The van der Waals surface area contributed by atoms with Crippen molar-refractivity contribution < 1.29 is 0 Å². The molecule has 1 fully saturated rings. The van der Waals surface area contributed by atoms with E-state index in [-0.39, 0.29) is 0 Å². The van der Waals surface area contributed by atoms with E-state index in [1.54, 1.807) is 0 Å². The molecule has 0 saturated heterocycles. The first-order valence-electron chi connectivity index (χ1n) is 7.02. The molecule has 0 atom stereocenters. The van der Waals surface area contributed by atoms with E-state index in [9.17, 15) is 0 Å². The molecule has 20 heavy (non-hydrogen) atoms. The molecule has 2 N–H and O–H groups in total. The van der Waals surface area contributed by atoms with Gasteiger partial charge in [-0.05, 0) is 43.0 Å². The minimum atomic E-state index is 0.344. The number of rotatable bonds is 3. The highest BCUT2D eigenvalue weighted by molar-refractivity contribution is 6.30. The highest BCUT2D eigenvalue weighted by atomic mass is 35.5. The van der Waals surface area contributed by atoms with Gasteiger partial charge in [0.05, 0.1) is 5.69 Å². The van der Waals surface area contributed by atoms with Crippen molar-refractivity contribution in [3.63, 3.8) is 0 Å². The van der Waals surface area contributed by atoms with Gasteiger partial charge in [-0.2, -0.15) is 0 Å². The number of aryl methyl sites for hydroxylation is 1. The third-order valence-corrected chi connectivity index (χ3v) is 4.23. The summed E-state index contributed by atoms with van der Waals surface area (Å²) in [7, 11) is 0.